The average molecular weight is 269 g/mol. The summed E-state index contributed by atoms with van der Waals surface area (Å²) in [5.74, 6) is -0.138. The minimum Gasteiger partial charge on any atom is -0.504 e. The first-order valence-electron chi connectivity index (χ1n) is 6.52. The lowest BCUT2D eigenvalue weighted by atomic mass is 9.98. The lowest BCUT2D eigenvalue weighted by molar-refractivity contribution is 0.102. The molecule has 5 heteroatoms. The molecule has 2 aromatic rings. The lowest BCUT2D eigenvalue weighted by Gasteiger charge is -2.17. The number of aromatic nitrogens is 1. The monoisotopic (exact) mass is 269 g/mol. The second-order valence-electron chi connectivity index (χ2n) is 4.74. The molecular formula is C15H15N3O2. The van der Waals surface area contributed by atoms with Crippen molar-refractivity contribution in [3.8, 4) is 5.75 Å². The first-order chi connectivity index (χ1) is 9.74. The van der Waals surface area contributed by atoms with Crippen LogP contribution in [-0.2, 0) is 13.0 Å². The Morgan fingerprint density at radius 3 is 3.05 bits per heavy atom. The van der Waals surface area contributed by atoms with Crippen molar-refractivity contribution in [3.63, 3.8) is 0 Å². The number of nitrogens with one attached hydrogen (secondary N) is 2. The molecule has 5 nitrogen and oxygen atoms in total. The number of amides is 1. The van der Waals surface area contributed by atoms with E-state index in [4.69, 9.17) is 0 Å². The Bertz CT molecular complexity index is 655. The van der Waals surface area contributed by atoms with Crippen molar-refractivity contribution in [3.05, 3.63) is 53.2 Å². The van der Waals surface area contributed by atoms with Crippen LogP contribution in [0.4, 0.5) is 5.82 Å². The van der Waals surface area contributed by atoms with Crippen molar-refractivity contribution in [1.29, 1.82) is 0 Å². The van der Waals surface area contributed by atoms with E-state index in [0.29, 0.717) is 5.56 Å². The molecule has 0 atom stereocenters. The van der Waals surface area contributed by atoms with Crippen LogP contribution in [-0.4, -0.2) is 22.5 Å². The van der Waals surface area contributed by atoms with Gasteiger partial charge in [0, 0.05) is 18.3 Å². The van der Waals surface area contributed by atoms with Crippen LogP contribution in [0.25, 0.3) is 0 Å². The van der Waals surface area contributed by atoms with Gasteiger partial charge in [-0.3, -0.25) is 4.79 Å². The van der Waals surface area contributed by atoms with Gasteiger partial charge in [-0.25, -0.2) is 4.98 Å². The van der Waals surface area contributed by atoms with Gasteiger partial charge in [-0.2, -0.15) is 0 Å². The first kappa shape index (κ1) is 12.6. The van der Waals surface area contributed by atoms with Gasteiger partial charge >= 0.3 is 0 Å². The molecule has 0 radical (unpaired) electrons. The van der Waals surface area contributed by atoms with Crippen LogP contribution in [0, 0.1) is 0 Å². The van der Waals surface area contributed by atoms with E-state index < -0.39 is 0 Å². The van der Waals surface area contributed by atoms with Gasteiger partial charge in [-0.05, 0) is 48.4 Å². The maximum Gasteiger partial charge on any atom is 0.256 e. The van der Waals surface area contributed by atoms with Crippen molar-refractivity contribution in [2.24, 2.45) is 0 Å². The molecule has 2 heterocycles. The van der Waals surface area contributed by atoms with Crippen molar-refractivity contribution < 1.29 is 9.90 Å². The van der Waals surface area contributed by atoms with E-state index in [1.165, 1.54) is 17.8 Å². The van der Waals surface area contributed by atoms with Crippen molar-refractivity contribution in [1.82, 2.24) is 10.3 Å². The van der Waals surface area contributed by atoms with E-state index >= 15 is 0 Å². The predicted octanol–water partition coefficient (Wildman–Crippen LogP) is 1.69. The zero-order valence-corrected chi connectivity index (χ0v) is 10.9. The van der Waals surface area contributed by atoms with Crippen molar-refractivity contribution in [2.75, 3.05) is 11.9 Å². The van der Waals surface area contributed by atoms with Gasteiger partial charge in [-0.15, -0.1) is 0 Å². The number of fused-ring (bicyclic) bond motifs is 1. The Balaban J connectivity index is 1.82. The maximum absolute atomic E-state index is 12.2. The van der Waals surface area contributed by atoms with Crippen molar-refractivity contribution in [2.45, 2.75) is 13.0 Å². The number of rotatable bonds is 2. The third-order valence-corrected chi connectivity index (χ3v) is 3.37. The van der Waals surface area contributed by atoms with Crippen molar-refractivity contribution >= 4 is 11.7 Å². The van der Waals surface area contributed by atoms with Gasteiger partial charge < -0.3 is 15.7 Å². The summed E-state index contributed by atoms with van der Waals surface area (Å²) in [4.78, 5) is 16.1. The third kappa shape index (κ3) is 2.48. The number of anilines is 1. The van der Waals surface area contributed by atoms with Crippen LogP contribution in [0.1, 0.15) is 21.5 Å². The molecule has 0 saturated carbocycles. The van der Waals surface area contributed by atoms with Gasteiger partial charge in [0.25, 0.3) is 5.91 Å². The fourth-order valence-electron chi connectivity index (χ4n) is 2.29. The summed E-state index contributed by atoms with van der Waals surface area (Å²) in [5.41, 5.74) is 2.99. The van der Waals surface area contributed by atoms with Crippen LogP contribution in [0.5, 0.6) is 5.75 Å². The SMILES string of the molecule is O=C(Nc1ncccc1O)c1ccc2c(c1)CNCC2. The standard InChI is InChI=1S/C15H15N3O2/c19-13-2-1-6-17-14(13)18-15(20)11-4-3-10-5-7-16-9-12(10)8-11/h1-4,6,8,16,19H,5,7,9H2,(H,17,18,20). The third-order valence-electron chi connectivity index (χ3n) is 3.37. The molecule has 0 spiro atoms. The van der Waals surface area contributed by atoms with E-state index in [0.717, 1.165) is 25.1 Å². The molecule has 0 fully saturated rings. The highest BCUT2D eigenvalue weighted by molar-refractivity contribution is 6.04. The summed E-state index contributed by atoms with van der Waals surface area (Å²) in [7, 11) is 0. The molecule has 3 rings (SSSR count). The zero-order valence-electron chi connectivity index (χ0n) is 10.9. The summed E-state index contributed by atoms with van der Waals surface area (Å²) in [6.07, 6.45) is 2.50. The number of carbonyl (C=O) groups excluding carboxylic acids is 1. The highest BCUT2D eigenvalue weighted by Crippen LogP contribution is 2.20. The molecule has 1 aromatic heterocycles. The highest BCUT2D eigenvalue weighted by Gasteiger charge is 2.14. The van der Waals surface area contributed by atoms with E-state index in [-0.39, 0.29) is 17.5 Å². The number of hydrogen-bond acceptors (Lipinski definition) is 4. The molecule has 0 unspecified atom stereocenters. The number of aromatic hydroxyl groups is 1. The van der Waals surface area contributed by atoms with Gasteiger partial charge in [0.05, 0.1) is 0 Å². The fourth-order valence-corrected chi connectivity index (χ4v) is 2.29. The van der Waals surface area contributed by atoms with Crippen LogP contribution >= 0.6 is 0 Å². The molecule has 0 saturated heterocycles. The molecular weight excluding hydrogens is 254 g/mol. The smallest absolute Gasteiger partial charge is 0.256 e. The number of hydrogen-bond donors (Lipinski definition) is 3. The Morgan fingerprint density at radius 1 is 1.30 bits per heavy atom. The van der Waals surface area contributed by atoms with Gasteiger partial charge in [0.1, 0.15) is 0 Å². The predicted molar refractivity (Wildman–Crippen MR) is 75.7 cm³/mol. The summed E-state index contributed by atoms with van der Waals surface area (Å²) >= 11 is 0. The van der Waals surface area contributed by atoms with Crippen LogP contribution in [0.3, 0.4) is 0 Å². The maximum atomic E-state index is 12.2. The molecule has 1 aliphatic heterocycles. The second-order valence-corrected chi connectivity index (χ2v) is 4.74. The van der Waals surface area contributed by atoms with Crippen LogP contribution in [0.2, 0.25) is 0 Å². The zero-order chi connectivity index (χ0) is 13.9. The topological polar surface area (TPSA) is 74.2 Å². The molecule has 3 N–H and O–H groups in total. The van der Waals surface area contributed by atoms with Gasteiger partial charge in [0.15, 0.2) is 11.6 Å². The lowest BCUT2D eigenvalue weighted by Crippen LogP contribution is -2.24. The molecule has 0 aliphatic carbocycles. The highest BCUT2D eigenvalue weighted by atomic mass is 16.3. The minimum atomic E-state index is -0.271. The number of nitrogens with zero attached hydrogens (tertiary/aromatic N) is 1. The molecule has 20 heavy (non-hydrogen) atoms. The van der Waals surface area contributed by atoms with Gasteiger partial charge in [0.2, 0.25) is 0 Å². The molecule has 1 aromatic carbocycles. The minimum absolute atomic E-state index is 0.0412. The second kappa shape index (κ2) is 5.30. The Hall–Kier alpha value is -2.40. The first-order valence-corrected chi connectivity index (χ1v) is 6.52. The summed E-state index contributed by atoms with van der Waals surface area (Å²) in [5, 5.41) is 15.5. The van der Waals surface area contributed by atoms with E-state index in [1.807, 2.05) is 12.1 Å². The number of benzene rings is 1. The number of pyridine rings is 1. The van der Waals surface area contributed by atoms with Crippen LogP contribution in [0.15, 0.2) is 36.5 Å². The summed E-state index contributed by atoms with van der Waals surface area (Å²) < 4.78 is 0. The van der Waals surface area contributed by atoms with E-state index in [2.05, 4.69) is 15.6 Å². The Morgan fingerprint density at radius 2 is 2.20 bits per heavy atom. The van der Waals surface area contributed by atoms with E-state index in [9.17, 15) is 9.90 Å². The van der Waals surface area contributed by atoms with Gasteiger partial charge in [-0.1, -0.05) is 6.07 Å². The quantitative estimate of drug-likeness (QED) is 0.775. The fraction of sp³-hybridized carbons (Fsp3) is 0.200. The normalized spacial score (nSPS) is 13.6. The Labute approximate surface area is 116 Å². The molecule has 0 bridgehead atoms. The average Bonchev–Trinajstić information content (AvgIpc) is 2.49. The molecule has 102 valence electrons. The molecule has 1 amide bonds. The van der Waals surface area contributed by atoms with Crippen LogP contribution < -0.4 is 10.6 Å². The van der Waals surface area contributed by atoms with E-state index in [1.54, 1.807) is 12.1 Å². The Kier molecular flexibility index (Phi) is 3.35. The summed E-state index contributed by atoms with van der Waals surface area (Å²) in [6, 6.07) is 8.77. The molecule has 1 aliphatic rings. The number of carbonyl (C=O) groups is 1. The summed E-state index contributed by atoms with van der Waals surface area (Å²) in [6.45, 7) is 1.76. The largest absolute Gasteiger partial charge is 0.504 e.